The van der Waals surface area contributed by atoms with Crippen molar-refractivity contribution in [1.82, 2.24) is 19.4 Å². The second-order valence-electron chi connectivity index (χ2n) is 6.44. The molecule has 0 atom stereocenters. The molecule has 3 rings (SSSR count). The minimum Gasteiger partial charge on any atom is -0.468 e. The van der Waals surface area contributed by atoms with Crippen LogP contribution >= 0.6 is 45.8 Å². The van der Waals surface area contributed by atoms with Gasteiger partial charge in [0.25, 0.3) is 0 Å². The molecule has 0 saturated heterocycles. The number of alkyl halides is 1. The monoisotopic (exact) mass is 524 g/mol. The number of rotatable bonds is 5. The Labute approximate surface area is 180 Å². The van der Waals surface area contributed by atoms with Gasteiger partial charge in [0.1, 0.15) is 29.6 Å². The number of hydrogen-bond donors (Lipinski definition) is 0. The van der Waals surface area contributed by atoms with Crippen LogP contribution < -0.4 is 0 Å². The summed E-state index contributed by atoms with van der Waals surface area (Å²) in [5.41, 5.74) is 0.825. The standard InChI is InChI=1S/C17H19Cl2IN4O3/c1-27-14(26)8-23(13(25)6-18)10-2-4-11(5-3-10)24-7-12(20)15-16(19)21-9-22-17(15)24/h7,9-11H,2-6,8H2,1H3/t10-,11+. The van der Waals surface area contributed by atoms with Crippen LogP contribution in [0.4, 0.5) is 0 Å². The predicted octanol–water partition coefficient (Wildman–Crippen LogP) is 3.41. The van der Waals surface area contributed by atoms with E-state index in [0.29, 0.717) is 5.15 Å². The molecule has 1 aliphatic carbocycles. The molecular formula is C17H19Cl2IN4O3. The smallest absolute Gasteiger partial charge is 0.325 e. The van der Waals surface area contributed by atoms with Gasteiger partial charge >= 0.3 is 5.97 Å². The Morgan fingerprint density at radius 2 is 2.04 bits per heavy atom. The largest absolute Gasteiger partial charge is 0.468 e. The van der Waals surface area contributed by atoms with Crippen LogP contribution in [0, 0.1) is 3.57 Å². The zero-order valence-electron chi connectivity index (χ0n) is 14.7. The third-order valence-corrected chi connectivity index (χ3v) is 6.31. The van der Waals surface area contributed by atoms with E-state index in [-0.39, 0.29) is 30.4 Å². The maximum Gasteiger partial charge on any atom is 0.325 e. The van der Waals surface area contributed by atoms with Crippen LogP contribution in [0.2, 0.25) is 5.15 Å². The lowest BCUT2D eigenvalue weighted by atomic mass is 9.90. The molecule has 7 nitrogen and oxygen atoms in total. The summed E-state index contributed by atoms with van der Waals surface area (Å²) in [4.78, 5) is 33.9. The molecule has 0 unspecified atom stereocenters. The van der Waals surface area contributed by atoms with E-state index in [1.54, 1.807) is 4.90 Å². The Bertz CT molecular complexity index is 852. The first-order valence-electron chi connectivity index (χ1n) is 8.55. The topological polar surface area (TPSA) is 77.3 Å². The first kappa shape index (κ1) is 20.6. The number of halogens is 3. The van der Waals surface area contributed by atoms with Gasteiger partial charge in [0.05, 0.1) is 12.5 Å². The lowest BCUT2D eigenvalue weighted by Crippen LogP contribution is -2.46. The van der Waals surface area contributed by atoms with E-state index < -0.39 is 5.97 Å². The third-order valence-electron chi connectivity index (χ3n) is 4.98. The minimum atomic E-state index is -0.437. The quantitative estimate of drug-likeness (QED) is 0.259. The summed E-state index contributed by atoms with van der Waals surface area (Å²) < 4.78 is 7.87. The van der Waals surface area contributed by atoms with Crippen LogP contribution in [0.5, 0.6) is 0 Å². The fourth-order valence-corrected chi connectivity index (χ4v) is 4.97. The number of esters is 1. The molecule has 1 fully saturated rings. The zero-order chi connectivity index (χ0) is 19.6. The van der Waals surface area contributed by atoms with E-state index >= 15 is 0 Å². The molecule has 0 bridgehead atoms. The molecular weight excluding hydrogens is 506 g/mol. The van der Waals surface area contributed by atoms with Crippen LogP contribution in [0.25, 0.3) is 11.0 Å². The average Bonchev–Trinajstić information content (AvgIpc) is 3.03. The molecule has 1 saturated carbocycles. The van der Waals surface area contributed by atoms with Crippen molar-refractivity contribution in [3.05, 3.63) is 21.2 Å². The van der Waals surface area contributed by atoms with Gasteiger partial charge in [0.15, 0.2) is 0 Å². The van der Waals surface area contributed by atoms with Crippen molar-refractivity contribution >= 4 is 68.7 Å². The predicted molar refractivity (Wildman–Crippen MR) is 111 cm³/mol. The van der Waals surface area contributed by atoms with Gasteiger partial charge in [-0.3, -0.25) is 9.59 Å². The van der Waals surface area contributed by atoms with Gasteiger partial charge in [-0.1, -0.05) is 11.6 Å². The molecule has 0 spiro atoms. The summed E-state index contributed by atoms with van der Waals surface area (Å²) in [6, 6.07) is 0.232. The normalized spacial score (nSPS) is 19.9. The first-order valence-corrected chi connectivity index (χ1v) is 10.5. The number of aromatic nitrogens is 3. The van der Waals surface area contributed by atoms with Crippen molar-refractivity contribution < 1.29 is 14.3 Å². The molecule has 10 heteroatoms. The molecule has 2 aromatic heterocycles. The summed E-state index contributed by atoms with van der Waals surface area (Å²) in [6.45, 7) is -0.0649. The highest BCUT2D eigenvalue weighted by molar-refractivity contribution is 14.1. The minimum absolute atomic E-state index is 0.0225. The van der Waals surface area contributed by atoms with Crippen molar-refractivity contribution in [1.29, 1.82) is 0 Å². The van der Waals surface area contributed by atoms with Gasteiger partial charge in [-0.25, -0.2) is 9.97 Å². The molecule has 0 radical (unpaired) electrons. The number of nitrogens with zero attached hydrogens (tertiary/aromatic N) is 4. The van der Waals surface area contributed by atoms with E-state index in [0.717, 1.165) is 40.3 Å². The van der Waals surface area contributed by atoms with Gasteiger partial charge in [-0.15, -0.1) is 11.6 Å². The second-order valence-corrected chi connectivity index (χ2v) is 8.23. The first-order chi connectivity index (χ1) is 13.0. The fraction of sp³-hybridized carbons (Fsp3) is 0.529. The van der Waals surface area contributed by atoms with Crippen LogP contribution in [-0.4, -0.2) is 56.9 Å². The number of amides is 1. The van der Waals surface area contributed by atoms with Crippen molar-refractivity contribution in [2.24, 2.45) is 0 Å². The Hall–Kier alpha value is -1.13. The summed E-state index contributed by atoms with van der Waals surface area (Å²) in [7, 11) is 1.31. The van der Waals surface area contributed by atoms with E-state index in [4.69, 9.17) is 27.9 Å². The average molecular weight is 525 g/mol. The number of hydrogen-bond acceptors (Lipinski definition) is 5. The highest BCUT2D eigenvalue weighted by atomic mass is 127. The SMILES string of the molecule is COC(=O)CN(C(=O)CCl)[C@H]1CC[C@@H](n2cc(I)c3c(Cl)ncnc32)CC1. The van der Waals surface area contributed by atoms with Crippen molar-refractivity contribution in [3.63, 3.8) is 0 Å². The third kappa shape index (κ3) is 4.32. The molecule has 2 heterocycles. The van der Waals surface area contributed by atoms with Crippen LogP contribution in [0.3, 0.4) is 0 Å². The second kappa shape index (κ2) is 8.91. The Balaban J connectivity index is 1.76. The van der Waals surface area contributed by atoms with E-state index in [9.17, 15) is 9.59 Å². The van der Waals surface area contributed by atoms with Gasteiger partial charge in [-0.2, -0.15) is 0 Å². The molecule has 146 valence electrons. The van der Waals surface area contributed by atoms with E-state index in [2.05, 4.69) is 37.1 Å². The van der Waals surface area contributed by atoms with Crippen molar-refractivity contribution in [2.45, 2.75) is 37.8 Å². The molecule has 1 amide bonds. The Kier molecular flexibility index (Phi) is 6.80. The molecule has 0 N–H and O–H groups in total. The summed E-state index contributed by atoms with van der Waals surface area (Å²) in [6.07, 6.45) is 6.80. The van der Waals surface area contributed by atoms with Crippen molar-refractivity contribution in [2.75, 3.05) is 19.5 Å². The highest BCUT2D eigenvalue weighted by Gasteiger charge is 2.31. The van der Waals surface area contributed by atoms with Crippen LogP contribution in [0.1, 0.15) is 31.7 Å². The highest BCUT2D eigenvalue weighted by Crippen LogP contribution is 2.36. The molecule has 0 aromatic carbocycles. The molecule has 2 aromatic rings. The number of carbonyl (C=O) groups excluding carboxylic acids is 2. The van der Waals surface area contributed by atoms with Gasteiger partial charge < -0.3 is 14.2 Å². The number of carbonyl (C=O) groups is 2. The fourth-order valence-electron chi connectivity index (χ4n) is 3.63. The van der Waals surface area contributed by atoms with Gasteiger partial charge in [0.2, 0.25) is 5.91 Å². The van der Waals surface area contributed by atoms with Gasteiger partial charge in [0, 0.05) is 21.9 Å². The zero-order valence-corrected chi connectivity index (χ0v) is 18.4. The van der Waals surface area contributed by atoms with E-state index in [1.165, 1.54) is 13.4 Å². The number of fused-ring (bicyclic) bond motifs is 1. The molecule has 27 heavy (non-hydrogen) atoms. The molecule has 1 aliphatic rings. The Morgan fingerprint density at radius 3 is 2.67 bits per heavy atom. The Morgan fingerprint density at radius 1 is 1.33 bits per heavy atom. The lowest BCUT2D eigenvalue weighted by Gasteiger charge is -2.36. The molecule has 0 aliphatic heterocycles. The summed E-state index contributed by atoms with van der Waals surface area (Å²) in [5.74, 6) is -0.828. The van der Waals surface area contributed by atoms with Crippen LogP contribution in [0.15, 0.2) is 12.5 Å². The maximum absolute atomic E-state index is 12.2. The maximum atomic E-state index is 12.2. The summed E-state index contributed by atoms with van der Waals surface area (Å²) >= 11 is 14.2. The number of ether oxygens (including phenoxy) is 1. The lowest BCUT2D eigenvalue weighted by molar-refractivity contribution is -0.148. The summed E-state index contributed by atoms with van der Waals surface area (Å²) in [5, 5.41) is 1.32. The van der Waals surface area contributed by atoms with Crippen LogP contribution in [-0.2, 0) is 14.3 Å². The van der Waals surface area contributed by atoms with Crippen molar-refractivity contribution in [3.8, 4) is 0 Å². The van der Waals surface area contributed by atoms with Gasteiger partial charge in [-0.05, 0) is 48.3 Å². The van der Waals surface area contributed by atoms with E-state index in [1.807, 2.05) is 6.20 Å². The number of methoxy groups -OCH3 is 1.